The fourth-order valence-electron chi connectivity index (χ4n) is 1.60. The molecule has 2 aliphatic rings. The molecule has 2 unspecified atom stereocenters. The third kappa shape index (κ3) is 0.467. The summed E-state index contributed by atoms with van der Waals surface area (Å²) in [5.41, 5.74) is 1.12. The lowest BCUT2D eigenvalue weighted by molar-refractivity contribution is -0.118. The molecule has 1 heteroatoms. The second kappa shape index (κ2) is 1.35. The fraction of sp³-hybridized carbons (Fsp3) is 0.375. The summed E-state index contributed by atoms with van der Waals surface area (Å²) in [5.74, 6) is 0.964. The number of hydrogen-bond acceptors (Lipinski definition) is 1. The van der Waals surface area contributed by atoms with Gasteiger partial charge in [0.15, 0.2) is 5.78 Å². The lowest BCUT2D eigenvalue weighted by atomic mass is 9.72. The van der Waals surface area contributed by atoms with Gasteiger partial charge in [0, 0.05) is 5.92 Å². The van der Waals surface area contributed by atoms with E-state index in [4.69, 9.17) is 0 Å². The Labute approximate surface area is 54.1 Å². The summed E-state index contributed by atoms with van der Waals surface area (Å²) in [7, 11) is 0. The first kappa shape index (κ1) is 4.98. The summed E-state index contributed by atoms with van der Waals surface area (Å²) >= 11 is 0. The average Bonchev–Trinajstić information content (AvgIpc) is 2.04. The van der Waals surface area contributed by atoms with E-state index in [-0.39, 0.29) is 11.7 Å². The number of carbonyl (C=O) groups is 1. The van der Waals surface area contributed by atoms with Crippen LogP contribution >= 0.6 is 0 Å². The molecular weight excluding hydrogens is 112 g/mol. The van der Waals surface area contributed by atoms with Crippen molar-refractivity contribution in [2.45, 2.75) is 6.42 Å². The van der Waals surface area contributed by atoms with Gasteiger partial charge in [0.05, 0.1) is 0 Å². The number of allylic oxidation sites excluding steroid dienone is 3. The highest BCUT2D eigenvalue weighted by Gasteiger charge is 2.40. The van der Waals surface area contributed by atoms with Crippen LogP contribution in [0.25, 0.3) is 0 Å². The van der Waals surface area contributed by atoms with Crippen molar-refractivity contribution in [2.75, 3.05) is 0 Å². The number of fused-ring (bicyclic) bond motifs is 1. The second-order valence-corrected chi connectivity index (χ2v) is 2.77. The Balaban J connectivity index is 2.30. The molecule has 2 atom stereocenters. The maximum absolute atomic E-state index is 10.9. The number of rotatable bonds is 0. The van der Waals surface area contributed by atoms with E-state index in [1.54, 1.807) is 6.08 Å². The monoisotopic (exact) mass is 120 g/mol. The lowest BCUT2D eigenvalue weighted by Gasteiger charge is -2.31. The Morgan fingerprint density at radius 1 is 1.67 bits per heavy atom. The SMILES string of the molecule is C=C1CC2C=CC(=O)C12. The third-order valence-electron chi connectivity index (χ3n) is 2.18. The van der Waals surface area contributed by atoms with Crippen molar-refractivity contribution < 1.29 is 4.79 Å². The molecule has 0 aromatic carbocycles. The molecule has 0 saturated heterocycles. The van der Waals surface area contributed by atoms with E-state index in [9.17, 15) is 4.79 Å². The zero-order chi connectivity index (χ0) is 6.43. The molecule has 0 bridgehead atoms. The Bertz CT molecular complexity index is 213. The van der Waals surface area contributed by atoms with Crippen molar-refractivity contribution in [3.63, 3.8) is 0 Å². The van der Waals surface area contributed by atoms with E-state index >= 15 is 0 Å². The van der Waals surface area contributed by atoms with E-state index in [1.165, 1.54) is 0 Å². The average molecular weight is 120 g/mol. The van der Waals surface area contributed by atoms with Gasteiger partial charge in [-0.15, -0.1) is 0 Å². The van der Waals surface area contributed by atoms with E-state index in [2.05, 4.69) is 6.58 Å². The van der Waals surface area contributed by atoms with Crippen LogP contribution in [0.3, 0.4) is 0 Å². The van der Waals surface area contributed by atoms with Crippen molar-refractivity contribution in [3.8, 4) is 0 Å². The highest BCUT2D eigenvalue weighted by Crippen LogP contribution is 2.43. The van der Waals surface area contributed by atoms with E-state index < -0.39 is 0 Å². The van der Waals surface area contributed by atoms with Crippen molar-refractivity contribution in [1.82, 2.24) is 0 Å². The summed E-state index contributed by atoms with van der Waals surface area (Å²) in [6.45, 7) is 3.79. The normalized spacial score (nSPS) is 38.7. The Morgan fingerprint density at radius 2 is 2.44 bits per heavy atom. The van der Waals surface area contributed by atoms with Gasteiger partial charge in [-0.2, -0.15) is 0 Å². The first-order valence-corrected chi connectivity index (χ1v) is 3.19. The minimum atomic E-state index is 0.185. The van der Waals surface area contributed by atoms with Crippen LogP contribution in [0.5, 0.6) is 0 Å². The molecule has 0 amide bonds. The van der Waals surface area contributed by atoms with Gasteiger partial charge < -0.3 is 0 Å². The molecule has 0 aromatic heterocycles. The van der Waals surface area contributed by atoms with Crippen LogP contribution < -0.4 is 0 Å². The van der Waals surface area contributed by atoms with Gasteiger partial charge in [-0.1, -0.05) is 18.2 Å². The molecule has 0 spiro atoms. The first-order chi connectivity index (χ1) is 4.29. The predicted octanol–water partition coefficient (Wildman–Crippen LogP) is 1.32. The fourth-order valence-corrected chi connectivity index (χ4v) is 1.60. The van der Waals surface area contributed by atoms with Crippen molar-refractivity contribution in [1.29, 1.82) is 0 Å². The smallest absolute Gasteiger partial charge is 0.163 e. The number of hydrogen-bond donors (Lipinski definition) is 0. The largest absolute Gasteiger partial charge is 0.294 e. The van der Waals surface area contributed by atoms with Crippen LogP contribution in [-0.2, 0) is 4.79 Å². The quantitative estimate of drug-likeness (QED) is 0.440. The van der Waals surface area contributed by atoms with Crippen LogP contribution in [0.2, 0.25) is 0 Å². The number of ketones is 1. The van der Waals surface area contributed by atoms with Gasteiger partial charge in [-0.05, 0) is 18.4 Å². The standard InChI is InChI=1S/C8H8O/c1-5-4-6-2-3-7(9)8(5)6/h2-3,6,8H,1,4H2. The Kier molecular flexibility index (Phi) is 0.747. The molecule has 46 valence electrons. The van der Waals surface area contributed by atoms with Crippen molar-refractivity contribution >= 4 is 5.78 Å². The minimum Gasteiger partial charge on any atom is -0.294 e. The molecule has 1 nitrogen and oxygen atoms in total. The molecule has 0 aliphatic heterocycles. The van der Waals surface area contributed by atoms with E-state index in [1.807, 2.05) is 6.08 Å². The maximum atomic E-state index is 10.9. The summed E-state index contributed by atoms with van der Waals surface area (Å²) in [5, 5.41) is 0. The Hall–Kier alpha value is -0.850. The molecule has 1 saturated carbocycles. The highest BCUT2D eigenvalue weighted by atomic mass is 16.1. The summed E-state index contributed by atoms with van der Waals surface area (Å²) < 4.78 is 0. The van der Waals surface area contributed by atoms with Crippen LogP contribution in [0, 0.1) is 11.8 Å². The molecule has 2 aliphatic carbocycles. The zero-order valence-electron chi connectivity index (χ0n) is 5.13. The van der Waals surface area contributed by atoms with Crippen LogP contribution in [0.15, 0.2) is 24.3 Å². The number of carbonyl (C=O) groups excluding carboxylic acids is 1. The molecule has 1 fully saturated rings. The minimum absolute atomic E-state index is 0.185. The van der Waals surface area contributed by atoms with Crippen molar-refractivity contribution in [2.24, 2.45) is 11.8 Å². The van der Waals surface area contributed by atoms with Gasteiger partial charge in [0.1, 0.15) is 0 Å². The highest BCUT2D eigenvalue weighted by molar-refractivity contribution is 5.98. The zero-order valence-corrected chi connectivity index (χ0v) is 5.13. The van der Waals surface area contributed by atoms with Gasteiger partial charge in [0.2, 0.25) is 0 Å². The lowest BCUT2D eigenvalue weighted by Crippen LogP contribution is -2.28. The van der Waals surface area contributed by atoms with Crippen LogP contribution in [-0.4, -0.2) is 5.78 Å². The van der Waals surface area contributed by atoms with Gasteiger partial charge in [-0.3, -0.25) is 4.79 Å². The molecule has 0 radical (unpaired) electrons. The van der Waals surface area contributed by atoms with E-state index in [0.29, 0.717) is 5.92 Å². The first-order valence-electron chi connectivity index (χ1n) is 3.19. The molecular formula is C8H8O. The molecule has 9 heavy (non-hydrogen) atoms. The third-order valence-corrected chi connectivity index (χ3v) is 2.18. The predicted molar refractivity (Wildman–Crippen MR) is 34.9 cm³/mol. The molecule has 0 N–H and O–H groups in total. The van der Waals surface area contributed by atoms with Crippen molar-refractivity contribution in [3.05, 3.63) is 24.3 Å². The summed E-state index contributed by atoms with van der Waals surface area (Å²) in [6, 6.07) is 0. The Morgan fingerprint density at radius 3 is 2.89 bits per heavy atom. The van der Waals surface area contributed by atoms with E-state index in [0.717, 1.165) is 12.0 Å². The van der Waals surface area contributed by atoms with Crippen LogP contribution in [0.4, 0.5) is 0 Å². The van der Waals surface area contributed by atoms with Gasteiger partial charge in [-0.25, -0.2) is 0 Å². The molecule has 2 rings (SSSR count). The maximum Gasteiger partial charge on any atom is 0.163 e. The summed E-state index contributed by atoms with van der Waals surface area (Å²) in [4.78, 5) is 10.9. The van der Waals surface area contributed by atoms with Gasteiger partial charge in [0.25, 0.3) is 0 Å². The molecule has 0 heterocycles. The second-order valence-electron chi connectivity index (χ2n) is 2.77. The summed E-state index contributed by atoms with van der Waals surface area (Å²) in [6.07, 6.45) is 4.72. The van der Waals surface area contributed by atoms with Crippen LogP contribution in [0.1, 0.15) is 6.42 Å². The molecule has 0 aromatic rings. The topological polar surface area (TPSA) is 17.1 Å². The van der Waals surface area contributed by atoms with Gasteiger partial charge >= 0.3 is 0 Å².